The number of nitrogens with one attached hydrogen (secondary N) is 2. The van der Waals surface area contributed by atoms with Gasteiger partial charge in [0.15, 0.2) is 5.13 Å². The van der Waals surface area contributed by atoms with Crippen molar-refractivity contribution in [3.05, 3.63) is 21.9 Å². The maximum absolute atomic E-state index is 11.8. The van der Waals surface area contributed by atoms with Crippen molar-refractivity contribution in [2.45, 2.75) is 13.8 Å². The monoisotopic (exact) mass is 325 g/mol. The lowest BCUT2D eigenvalue weighted by atomic mass is 10.3. The van der Waals surface area contributed by atoms with Crippen molar-refractivity contribution in [2.75, 3.05) is 32.1 Å². The number of methoxy groups -OCH3 is 1. The highest BCUT2D eigenvalue weighted by molar-refractivity contribution is 7.18. The number of carbonyl (C=O) groups excluding carboxylic acids is 1. The van der Waals surface area contributed by atoms with Gasteiger partial charge >= 0.3 is 0 Å². The van der Waals surface area contributed by atoms with Gasteiger partial charge in [0.1, 0.15) is 0 Å². The molecule has 2 aromatic rings. The first-order valence-electron chi connectivity index (χ1n) is 6.64. The first kappa shape index (κ1) is 16.1. The van der Waals surface area contributed by atoms with Crippen molar-refractivity contribution < 1.29 is 9.53 Å². The molecule has 0 fully saturated rings. The van der Waals surface area contributed by atoms with Crippen LogP contribution in [0.3, 0.4) is 0 Å². The van der Waals surface area contributed by atoms with Crippen LogP contribution in [0, 0.1) is 13.8 Å². The van der Waals surface area contributed by atoms with Gasteiger partial charge in [-0.3, -0.25) is 4.79 Å². The lowest BCUT2D eigenvalue weighted by molar-refractivity contribution is -0.115. The van der Waals surface area contributed by atoms with Gasteiger partial charge < -0.3 is 15.4 Å². The number of rotatable bonds is 7. The number of aromatic nitrogens is 1. The average molecular weight is 325 g/mol. The number of ether oxygens (including phenoxy) is 1. The molecule has 2 aromatic heterocycles. The fourth-order valence-corrected chi connectivity index (χ4v) is 3.60. The summed E-state index contributed by atoms with van der Waals surface area (Å²) in [5.41, 5.74) is 0.959. The number of amides is 1. The highest BCUT2D eigenvalue weighted by Crippen LogP contribution is 2.34. The molecule has 0 bridgehead atoms. The average Bonchev–Trinajstić information content (AvgIpc) is 3.01. The van der Waals surface area contributed by atoms with E-state index in [1.165, 1.54) is 16.2 Å². The minimum absolute atomic E-state index is 0.0891. The molecule has 0 unspecified atom stereocenters. The topological polar surface area (TPSA) is 63.2 Å². The largest absolute Gasteiger partial charge is 0.383 e. The molecule has 2 rings (SSSR count). The fourth-order valence-electron chi connectivity index (χ4n) is 1.78. The summed E-state index contributed by atoms with van der Waals surface area (Å²) in [5, 5.41) is 6.48. The summed E-state index contributed by atoms with van der Waals surface area (Å²) in [5.74, 6) is -0.0891. The minimum atomic E-state index is -0.0891. The van der Waals surface area contributed by atoms with Gasteiger partial charge in [-0.15, -0.1) is 22.7 Å². The lowest BCUT2D eigenvalue weighted by Gasteiger charge is -2.03. The predicted molar refractivity (Wildman–Crippen MR) is 88.3 cm³/mol. The zero-order valence-electron chi connectivity index (χ0n) is 12.4. The molecule has 0 aromatic carbocycles. The third-order valence-electron chi connectivity index (χ3n) is 2.79. The highest BCUT2D eigenvalue weighted by atomic mass is 32.1. The van der Waals surface area contributed by atoms with Crippen LogP contribution in [0.5, 0.6) is 0 Å². The van der Waals surface area contributed by atoms with Crippen molar-refractivity contribution in [1.29, 1.82) is 0 Å². The number of hydrogen-bond acceptors (Lipinski definition) is 6. The van der Waals surface area contributed by atoms with E-state index in [0.717, 1.165) is 15.4 Å². The van der Waals surface area contributed by atoms with Crippen LogP contribution in [0.1, 0.15) is 9.75 Å². The molecule has 0 atom stereocenters. The van der Waals surface area contributed by atoms with E-state index < -0.39 is 0 Å². The molecule has 2 N–H and O–H groups in total. The maximum Gasteiger partial charge on any atom is 0.240 e. The number of aryl methyl sites for hydroxylation is 2. The smallest absolute Gasteiger partial charge is 0.240 e. The number of thiophene rings is 1. The van der Waals surface area contributed by atoms with Crippen molar-refractivity contribution in [2.24, 2.45) is 0 Å². The van der Waals surface area contributed by atoms with Gasteiger partial charge in [-0.05, 0) is 26.0 Å². The Morgan fingerprint density at radius 3 is 2.81 bits per heavy atom. The van der Waals surface area contributed by atoms with E-state index in [1.807, 2.05) is 6.92 Å². The summed E-state index contributed by atoms with van der Waals surface area (Å²) in [6.45, 7) is 5.60. The van der Waals surface area contributed by atoms with Crippen LogP contribution >= 0.6 is 22.7 Å². The zero-order chi connectivity index (χ0) is 15.2. The van der Waals surface area contributed by atoms with Crippen molar-refractivity contribution >= 4 is 33.7 Å². The Morgan fingerprint density at radius 2 is 2.14 bits per heavy atom. The van der Waals surface area contributed by atoms with Gasteiger partial charge in [0, 0.05) is 23.4 Å². The number of nitrogens with zero attached hydrogens (tertiary/aromatic N) is 1. The number of carbonyl (C=O) groups is 1. The Morgan fingerprint density at radius 1 is 1.33 bits per heavy atom. The van der Waals surface area contributed by atoms with Crippen LogP contribution in [0.15, 0.2) is 12.1 Å². The van der Waals surface area contributed by atoms with E-state index in [2.05, 4.69) is 34.7 Å². The van der Waals surface area contributed by atoms with E-state index in [-0.39, 0.29) is 12.5 Å². The molecule has 0 saturated heterocycles. The van der Waals surface area contributed by atoms with Gasteiger partial charge in [-0.25, -0.2) is 4.98 Å². The number of hydrogen-bond donors (Lipinski definition) is 2. The third kappa shape index (κ3) is 4.60. The van der Waals surface area contributed by atoms with Gasteiger partial charge in [-0.2, -0.15) is 0 Å². The molecular formula is C14H19N3O2S2. The highest BCUT2D eigenvalue weighted by Gasteiger charge is 2.13. The molecule has 114 valence electrons. The van der Waals surface area contributed by atoms with Crippen LogP contribution in [0.2, 0.25) is 0 Å². The van der Waals surface area contributed by atoms with E-state index in [4.69, 9.17) is 4.74 Å². The summed E-state index contributed by atoms with van der Waals surface area (Å²) in [4.78, 5) is 19.8. The Balaban J connectivity index is 1.94. The second-order valence-corrected chi connectivity index (χ2v) is 7.04. The Labute approximate surface area is 132 Å². The second kappa shape index (κ2) is 7.65. The molecule has 1 amide bonds. The Bertz CT molecular complexity index is 607. The SMILES string of the molecule is COCCNCC(=O)Nc1nc(-c2ccc(C)s2)c(C)s1. The standard InChI is InChI=1S/C14H19N3O2S2/c1-9-4-5-11(20-9)13-10(2)21-14(17-13)16-12(18)8-15-6-7-19-3/h4-5,15H,6-8H2,1-3H3,(H,16,17,18). The molecule has 5 nitrogen and oxygen atoms in total. The normalized spacial score (nSPS) is 10.8. The van der Waals surface area contributed by atoms with Gasteiger partial charge in [0.25, 0.3) is 0 Å². The number of anilines is 1. The lowest BCUT2D eigenvalue weighted by Crippen LogP contribution is -2.30. The van der Waals surface area contributed by atoms with Gasteiger partial charge in [0.2, 0.25) is 5.91 Å². The van der Waals surface area contributed by atoms with Gasteiger partial charge in [0.05, 0.1) is 23.7 Å². The van der Waals surface area contributed by atoms with Crippen LogP contribution < -0.4 is 10.6 Å². The van der Waals surface area contributed by atoms with E-state index >= 15 is 0 Å². The van der Waals surface area contributed by atoms with E-state index in [1.54, 1.807) is 18.4 Å². The molecule has 2 heterocycles. The van der Waals surface area contributed by atoms with Crippen LogP contribution in [-0.4, -0.2) is 37.7 Å². The first-order chi connectivity index (χ1) is 10.1. The summed E-state index contributed by atoms with van der Waals surface area (Å²) < 4.78 is 4.91. The summed E-state index contributed by atoms with van der Waals surface area (Å²) >= 11 is 3.21. The van der Waals surface area contributed by atoms with E-state index in [9.17, 15) is 4.79 Å². The minimum Gasteiger partial charge on any atom is -0.383 e. The summed E-state index contributed by atoms with van der Waals surface area (Å²) in [6, 6.07) is 4.15. The molecule has 0 radical (unpaired) electrons. The van der Waals surface area contributed by atoms with Crippen LogP contribution in [0.25, 0.3) is 10.6 Å². The van der Waals surface area contributed by atoms with Crippen LogP contribution in [-0.2, 0) is 9.53 Å². The van der Waals surface area contributed by atoms with Crippen molar-refractivity contribution in [1.82, 2.24) is 10.3 Å². The van der Waals surface area contributed by atoms with Gasteiger partial charge in [-0.1, -0.05) is 0 Å². The molecule has 0 aliphatic rings. The first-order valence-corrected chi connectivity index (χ1v) is 8.27. The molecule has 0 aliphatic heterocycles. The maximum atomic E-state index is 11.8. The van der Waals surface area contributed by atoms with E-state index in [0.29, 0.717) is 18.3 Å². The van der Waals surface area contributed by atoms with Crippen molar-refractivity contribution in [3.8, 4) is 10.6 Å². The molecular weight excluding hydrogens is 306 g/mol. The quantitative estimate of drug-likeness (QED) is 0.768. The summed E-state index contributed by atoms with van der Waals surface area (Å²) in [7, 11) is 1.63. The Hall–Kier alpha value is -1.28. The molecule has 0 spiro atoms. The Kier molecular flexibility index (Phi) is 5.86. The third-order valence-corrected chi connectivity index (χ3v) is 4.68. The fraction of sp³-hybridized carbons (Fsp3) is 0.429. The predicted octanol–water partition coefficient (Wildman–Crippen LogP) is 2.66. The number of thiazole rings is 1. The molecule has 0 saturated carbocycles. The molecule has 21 heavy (non-hydrogen) atoms. The molecule has 7 heteroatoms. The second-order valence-electron chi connectivity index (χ2n) is 4.55. The summed E-state index contributed by atoms with van der Waals surface area (Å²) in [6.07, 6.45) is 0. The zero-order valence-corrected chi connectivity index (χ0v) is 14.0. The van der Waals surface area contributed by atoms with Crippen LogP contribution in [0.4, 0.5) is 5.13 Å². The van der Waals surface area contributed by atoms with Crippen molar-refractivity contribution in [3.63, 3.8) is 0 Å². The molecule has 0 aliphatic carbocycles.